The lowest BCUT2D eigenvalue weighted by Gasteiger charge is -2.23. The molecule has 0 spiro atoms. The van der Waals surface area contributed by atoms with E-state index < -0.39 is 0 Å². The Morgan fingerprint density at radius 3 is 2.54 bits per heavy atom. The Bertz CT molecular complexity index is 715. The van der Waals surface area contributed by atoms with Crippen LogP contribution in [0.5, 0.6) is 0 Å². The molecule has 2 aromatic carbocycles. The van der Waals surface area contributed by atoms with Gasteiger partial charge in [-0.25, -0.2) is 4.39 Å². The van der Waals surface area contributed by atoms with Gasteiger partial charge in [0.1, 0.15) is 5.82 Å². The smallest absolute Gasteiger partial charge is 0.234 e. The molecule has 138 valence electrons. The highest BCUT2D eigenvalue weighted by molar-refractivity contribution is 5.78. The van der Waals surface area contributed by atoms with E-state index in [1.807, 2.05) is 31.2 Å². The highest BCUT2D eigenvalue weighted by Crippen LogP contribution is 2.28. The van der Waals surface area contributed by atoms with Crippen molar-refractivity contribution in [3.63, 3.8) is 0 Å². The predicted octanol–water partition coefficient (Wildman–Crippen LogP) is 3.93. The summed E-state index contributed by atoms with van der Waals surface area (Å²) < 4.78 is 13.9. The first-order valence-corrected chi connectivity index (χ1v) is 9.42. The molecule has 1 N–H and O–H groups in total. The van der Waals surface area contributed by atoms with Crippen LogP contribution in [0.4, 0.5) is 4.39 Å². The third kappa shape index (κ3) is 5.67. The standard InChI is InChI=1S/C22H27FN2O/c1-17(11-12-18-7-3-2-4-8-18)24-22(26)16-25(20-13-14-20)15-19-9-5-6-10-21(19)23/h2-10,17,20H,11-16H2,1H3,(H,24,26). The molecule has 0 bridgehead atoms. The van der Waals surface area contributed by atoms with Gasteiger partial charge in [0.2, 0.25) is 5.91 Å². The third-order valence-corrected chi connectivity index (χ3v) is 4.86. The lowest BCUT2D eigenvalue weighted by atomic mass is 10.1. The molecule has 26 heavy (non-hydrogen) atoms. The second-order valence-corrected chi connectivity index (χ2v) is 7.22. The van der Waals surface area contributed by atoms with E-state index in [2.05, 4.69) is 22.3 Å². The van der Waals surface area contributed by atoms with Crippen molar-refractivity contribution in [3.8, 4) is 0 Å². The summed E-state index contributed by atoms with van der Waals surface area (Å²) in [5.41, 5.74) is 1.94. The highest BCUT2D eigenvalue weighted by Gasteiger charge is 2.30. The van der Waals surface area contributed by atoms with Crippen LogP contribution < -0.4 is 5.32 Å². The van der Waals surface area contributed by atoms with Crippen LogP contribution in [0.2, 0.25) is 0 Å². The fourth-order valence-electron chi connectivity index (χ4n) is 3.20. The number of halogens is 1. The van der Waals surface area contributed by atoms with Crippen LogP contribution in [0, 0.1) is 5.82 Å². The summed E-state index contributed by atoms with van der Waals surface area (Å²) >= 11 is 0. The number of amides is 1. The van der Waals surface area contributed by atoms with E-state index in [0.29, 0.717) is 24.7 Å². The van der Waals surface area contributed by atoms with Gasteiger partial charge in [0.25, 0.3) is 0 Å². The number of hydrogen-bond donors (Lipinski definition) is 1. The van der Waals surface area contributed by atoms with Crippen molar-refractivity contribution in [1.82, 2.24) is 10.2 Å². The molecule has 3 rings (SSSR count). The van der Waals surface area contributed by atoms with E-state index >= 15 is 0 Å². The zero-order valence-electron chi connectivity index (χ0n) is 15.3. The van der Waals surface area contributed by atoms with Crippen molar-refractivity contribution in [2.24, 2.45) is 0 Å². The summed E-state index contributed by atoms with van der Waals surface area (Å²) in [4.78, 5) is 14.5. The molecular weight excluding hydrogens is 327 g/mol. The molecule has 1 unspecified atom stereocenters. The first-order valence-electron chi connectivity index (χ1n) is 9.42. The van der Waals surface area contributed by atoms with E-state index in [-0.39, 0.29) is 17.8 Å². The summed E-state index contributed by atoms with van der Waals surface area (Å²) in [5.74, 6) is -0.177. The van der Waals surface area contributed by atoms with Crippen LogP contribution in [0.15, 0.2) is 54.6 Å². The van der Waals surface area contributed by atoms with Crippen LogP contribution in [-0.4, -0.2) is 29.4 Å². The molecule has 0 aromatic heterocycles. The molecular formula is C22H27FN2O. The van der Waals surface area contributed by atoms with Gasteiger partial charge in [-0.3, -0.25) is 9.69 Å². The molecule has 1 aliphatic rings. The second kappa shape index (κ2) is 8.95. The largest absolute Gasteiger partial charge is 0.353 e. The highest BCUT2D eigenvalue weighted by atomic mass is 19.1. The van der Waals surface area contributed by atoms with Gasteiger partial charge in [-0.05, 0) is 44.2 Å². The predicted molar refractivity (Wildman–Crippen MR) is 102 cm³/mol. The number of benzene rings is 2. The fraction of sp³-hybridized carbons (Fsp3) is 0.409. The molecule has 1 fully saturated rings. The normalized spacial score (nSPS) is 15.0. The molecule has 1 saturated carbocycles. The van der Waals surface area contributed by atoms with E-state index in [1.165, 1.54) is 11.6 Å². The summed E-state index contributed by atoms with van der Waals surface area (Å²) in [6.45, 7) is 2.86. The van der Waals surface area contributed by atoms with Crippen LogP contribution >= 0.6 is 0 Å². The van der Waals surface area contributed by atoms with Gasteiger partial charge in [-0.15, -0.1) is 0 Å². The molecule has 3 nitrogen and oxygen atoms in total. The Kier molecular flexibility index (Phi) is 6.40. The quantitative estimate of drug-likeness (QED) is 0.740. The zero-order chi connectivity index (χ0) is 18.4. The topological polar surface area (TPSA) is 32.3 Å². The molecule has 1 amide bonds. The van der Waals surface area contributed by atoms with Gasteiger partial charge in [-0.2, -0.15) is 0 Å². The average Bonchev–Trinajstić information content (AvgIpc) is 3.47. The number of rotatable bonds is 9. The first kappa shape index (κ1) is 18.6. The van der Waals surface area contributed by atoms with Crippen LogP contribution in [0.25, 0.3) is 0 Å². The maximum absolute atomic E-state index is 13.9. The molecule has 0 heterocycles. The lowest BCUT2D eigenvalue weighted by molar-refractivity contribution is -0.123. The van der Waals surface area contributed by atoms with Crippen LogP contribution in [0.3, 0.4) is 0 Å². The van der Waals surface area contributed by atoms with Gasteiger partial charge < -0.3 is 5.32 Å². The van der Waals surface area contributed by atoms with E-state index in [9.17, 15) is 9.18 Å². The van der Waals surface area contributed by atoms with Crippen LogP contribution in [-0.2, 0) is 17.8 Å². The molecule has 0 aliphatic heterocycles. The second-order valence-electron chi connectivity index (χ2n) is 7.22. The fourth-order valence-corrected chi connectivity index (χ4v) is 3.20. The molecule has 1 atom stereocenters. The van der Waals surface area contributed by atoms with Gasteiger partial charge in [0.15, 0.2) is 0 Å². The number of aryl methyl sites for hydroxylation is 1. The van der Waals surface area contributed by atoms with Crippen molar-refractivity contribution in [2.75, 3.05) is 6.54 Å². The summed E-state index contributed by atoms with van der Waals surface area (Å²) in [6.07, 6.45) is 4.03. The maximum Gasteiger partial charge on any atom is 0.234 e. The van der Waals surface area contributed by atoms with Crippen molar-refractivity contribution < 1.29 is 9.18 Å². The number of carbonyl (C=O) groups is 1. The monoisotopic (exact) mass is 354 g/mol. The summed E-state index contributed by atoms with van der Waals surface area (Å²) in [5, 5.41) is 3.09. The van der Waals surface area contributed by atoms with Crippen molar-refractivity contribution >= 4 is 5.91 Å². The first-order chi connectivity index (χ1) is 12.6. The van der Waals surface area contributed by atoms with Gasteiger partial charge >= 0.3 is 0 Å². The molecule has 0 radical (unpaired) electrons. The number of carbonyl (C=O) groups excluding carboxylic acids is 1. The lowest BCUT2D eigenvalue weighted by Crippen LogP contribution is -2.41. The molecule has 2 aromatic rings. The SMILES string of the molecule is CC(CCc1ccccc1)NC(=O)CN(Cc1ccccc1F)C1CC1. The van der Waals surface area contributed by atoms with Crippen LogP contribution in [0.1, 0.15) is 37.3 Å². The minimum Gasteiger partial charge on any atom is -0.353 e. The van der Waals surface area contributed by atoms with Gasteiger partial charge in [0, 0.05) is 24.2 Å². The average molecular weight is 354 g/mol. The van der Waals surface area contributed by atoms with E-state index in [0.717, 1.165) is 25.7 Å². The van der Waals surface area contributed by atoms with Gasteiger partial charge in [-0.1, -0.05) is 48.5 Å². The zero-order valence-corrected chi connectivity index (χ0v) is 15.3. The number of hydrogen-bond acceptors (Lipinski definition) is 2. The Hall–Kier alpha value is -2.20. The van der Waals surface area contributed by atoms with Crippen molar-refractivity contribution in [2.45, 2.75) is 51.2 Å². The maximum atomic E-state index is 13.9. The minimum atomic E-state index is -0.199. The number of nitrogens with one attached hydrogen (secondary N) is 1. The van der Waals surface area contributed by atoms with E-state index in [4.69, 9.17) is 0 Å². The Morgan fingerprint density at radius 2 is 1.85 bits per heavy atom. The Morgan fingerprint density at radius 1 is 1.15 bits per heavy atom. The van der Waals surface area contributed by atoms with E-state index in [1.54, 1.807) is 12.1 Å². The van der Waals surface area contributed by atoms with Crippen molar-refractivity contribution in [1.29, 1.82) is 0 Å². The summed E-state index contributed by atoms with van der Waals surface area (Å²) in [6, 6.07) is 17.6. The van der Waals surface area contributed by atoms with Gasteiger partial charge in [0.05, 0.1) is 6.54 Å². The Labute approximate surface area is 155 Å². The molecule has 0 saturated heterocycles. The third-order valence-electron chi connectivity index (χ3n) is 4.86. The minimum absolute atomic E-state index is 0.0220. The molecule has 1 aliphatic carbocycles. The Balaban J connectivity index is 1.48. The summed E-state index contributed by atoms with van der Waals surface area (Å²) in [7, 11) is 0. The number of nitrogens with zero attached hydrogens (tertiary/aromatic N) is 1. The van der Waals surface area contributed by atoms with Crippen molar-refractivity contribution in [3.05, 3.63) is 71.5 Å². The molecule has 4 heteroatoms.